The minimum Gasteiger partial charge on any atom is -0.463 e. The average molecular weight is 579 g/mol. The Morgan fingerprint density at radius 3 is 2.24 bits per heavy atom. The maximum atomic E-state index is 12.6. The van der Waals surface area contributed by atoms with E-state index in [1.807, 2.05) is 54.6 Å². The quantitative estimate of drug-likeness (QED) is 0.318. The number of aromatic nitrogens is 1. The molecule has 8 nitrogen and oxygen atoms in total. The SMILES string of the molecule is CC1=C(C)C(=O)N(c2cc(CN3CCN(C)CC3)c3ccc(Br)cc3n2)C1=O.O=COCc1ccccc1. The molecule has 1 saturated heterocycles. The van der Waals surface area contributed by atoms with E-state index in [0.717, 1.165) is 59.2 Å². The van der Waals surface area contributed by atoms with Gasteiger partial charge in [0.25, 0.3) is 18.3 Å². The number of carbonyl (C=O) groups is 3. The molecule has 3 aromatic rings. The van der Waals surface area contributed by atoms with Gasteiger partial charge in [-0.05, 0) is 50.2 Å². The van der Waals surface area contributed by atoms with E-state index in [0.29, 0.717) is 30.0 Å². The molecule has 2 aliphatic rings. The molecule has 2 amide bonds. The van der Waals surface area contributed by atoms with Crippen LogP contribution in [-0.2, 0) is 32.3 Å². The number of likely N-dealkylation sites (N-methyl/N-ethyl adjacent to an activating group) is 1. The van der Waals surface area contributed by atoms with E-state index in [2.05, 4.69) is 42.5 Å². The number of amides is 2. The number of pyridine rings is 1. The van der Waals surface area contributed by atoms with E-state index >= 15 is 0 Å². The number of rotatable bonds is 6. The number of anilines is 1. The van der Waals surface area contributed by atoms with Crippen molar-refractivity contribution in [2.75, 3.05) is 38.1 Å². The monoisotopic (exact) mass is 578 g/mol. The Kier molecular flexibility index (Phi) is 9.04. The Labute approximate surface area is 231 Å². The average Bonchev–Trinajstić information content (AvgIpc) is 3.11. The summed E-state index contributed by atoms with van der Waals surface area (Å²) in [5.74, 6) is -0.161. The van der Waals surface area contributed by atoms with Gasteiger partial charge < -0.3 is 9.64 Å². The van der Waals surface area contributed by atoms with Crippen LogP contribution < -0.4 is 4.90 Å². The van der Waals surface area contributed by atoms with Gasteiger partial charge >= 0.3 is 0 Å². The fourth-order valence-corrected chi connectivity index (χ4v) is 4.76. The summed E-state index contributed by atoms with van der Waals surface area (Å²) in [7, 11) is 2.14. The first-order valence-electron chi connectivity index (χ1n) is 12.4. The Hall–Kier alpha value is -3.40. The van der Waals surface area contributed by atoms with Gasteiger partial charge in [0.1, 0.15) is 12.4 Å². The van der Waals surface area contributed by atoms with Crippen molar-refractivity contribution in [1.82, 2.24) is 14.8 Å². The van der Waals surface area contributed by atoms with Crippen molar-refractivity contribution in [2.45, 2.75) is 27.0 Å². The van der Waals surface area contributed by atoms with Gasteiger partial charge in [0, 0.05) is 53.7 Å². The third-order valence-electron chi connectivity index (χ3n) is 6.83. The van der Waals surface area contributed by atoms with E-state index < -0.39 is 0 Å². The Morgan fingerprint density at radius 2 is 1.61 bits per heavy atom. The molecule has 0 spiro atoms. The molecule has 0 bridgehead atoms. The van der Waals surface area contributed by atoms with E-state index in [9.17, 15) is 14.4 Å². The van der Waals surface area contributed by atoms with Gasteiger partial charge in [0.2, 0.25) is 0 Å². The van der Waals surface area contributed by atoms with Crippen molar-refractivity contribution in [3.8, 4) is 0 Å². The van der Waals surface area contributed by atoms with Gasteiger partial charge in [-0.25, -0.2) is 9.88 Å². The van der Waals surface area contributed by atoms with Gasteiger partial charge in [-0.2, -0.15) is 0 Å². The predicted molar refractivity (Wildman–Crippen MR) is 150 cm³/mol. The molecule has 0 N–H and O–H groups in total. The number of hydrogen-bond donors (Lipinski definition) is 0. The number of ether oxygens (including phenoxy) is 1. The lowest BCUT2D eigenvalue weighted by atomic mass is 10.1. The van der Waals surface area contributed by atoms with Crippen LogP contribution in [0.2, 0.25) is 0 Å². The van der Waals surface area contributed by atoms with Crippen LogP contribution in [0.5, 0.6) is 0 Å². The highest BCUT2D eigenvalue weighted by molar-refractivity contribution is 9.10. The predicted octanol–water partition coefficient (Wildman–Crippen LogP) is 4.31. The number of halogens is 1. The summed E-state index contributed by atoms with van der Waals surface area (Å²) in [6.07, 6.45) is 0. The van der Waals surface area contributed by atoms with Crippen LogP contribution in [0.15, 0.2) is 70.2 Å². The maximum absolute atomic E-state index is 12.6. The highest BCUT2D eigenvalue weighted by atomic mass is 79.9. The molecular weight excluding hydrogens is 548 g/mol. The number of piperazine rings is 1. The van der Waals surface area contributed by atoms with Gasteiger partial charge in [0.15, 0.2) is 0 Å². The second-order valence-electron chi connectivity index (χ2n) is 9.47. The lowest BCUT2D eigenvalue weighted by Gasteiger charge is -2.32. The van der Waals surface area contributed by atoms with Crippen LogP contribution >= 0.6 is 15.9 Å². The van der Waals surface area contributed by atoms with Gasteiger partial charge in [-0.1, -0.05) is 52.3 Å². The first-order valence-corrected chi connectivity index (χ1v) is 13.2. The van der Waals surface area contributed by atoms with Crippen LogP contribution in [0, 0.1) is 0 Å². The zero-order valence-corrected chi connectivity index (χ0v) is 23.4. The molecule has 5 rings (SSSR count). The topological polar surface area (TPSA) is 83.1 Å². The number of nitrogens with zero attached hydrogens (tertiary/aromatic N) is 4. The van der Waals surface area contributed by atoms with Crippen LogP contribution in [0.3, 0.4) is 0 Å². The number of benzene rings is 2. The third kappa shape index (κ3) is 6.35. The Morgan fingerprint density at radius 1 is 0.947 bits per heavy atom. The molecule has 1 aromatic heterocycles. The molecule has 0 saturated carbocycles. The molecule has 0 atom stereocenters. The number of carbonyl (C=O) groups excluding carboxylic acids is 3. The number of imide groups is 1. The van der Waals surface area contributed by atoms with Crippen molar-refractivity contribution in [2.24, 2.45) is 0 Å². The van der Waals surface area contributed by atoms with Gasteiger partial charge in [-0.3, -0.25) is 19.3 Å². The zero-order valence-electron chi connectivity index (χ0n) is 21.8. The lowest BCUT2D eigenvalue weighted by Crippen LogP contribution is -2.43. The summed E-state index contributed by atoms with van der Waals surface area (Å²) < 4.78 is 5.46. The zero-order chi connectivity index (χ0) is 27.2. The molecule has 0 unspecified atom stereocenters. The molecule has 9 heteroatoms. The van der Waals surface area contributed by atoms with E-state index in [-0.39, 0.29) is 11.8 Å². The van der Waals surface area contributed by atoms with Crippen molar-refractivity contribution in [1.29, 1.82) is 0 Å². The molecule has 3 heterocycles. The molecular formula is C29H31BrN4O4. The minimum absolute atomic E-state index is 0.283. The normalized spacial score (nSPS) is 16.6. The van der Waals surface area contributed by atoms with Crippen molar-refractivity contribution < 1.29 is 19.1 Å². The number of hydrogen-bond acceptors (Lipinski definition) is 7. The Balaban J connectivity index is 0.000000283. The second-order valence-corrected chi connectivity index (χ2v) is 10.4. The second kappa shape index (κ2) is 12.4. The van der Waals surface area contributed by atoms with Crippen LogP contribution in [0.1, 0.15) is 25.0 Å². The molecule has 0 aliphatic carbocycles. The fraction of sp³-hybridized carbons (Fsp3) is 0.310. The molecule has 38 heavy (non-hydrogen) atoms. The highest BCUT2D eigenvalue weighted by Gasteiger charge is 2.35. The molecule has 198 valence electrons. The summed E-state index contributed by atoms with van der Waals surface area (Å²) in [6, 6.07) is 17.4. The largest absolute Gasteiger partial charge is 0.463 e. The van der Waals surface area contributed by atoms with Crippen molar-refractivity contribution in [3.05, 3.63) is 81.3 Å². The van der Waals surface area contributed by atoms with E-state index in [4.69, 9.17) is 0 Å². The number of fused-ring (bicyclic) bond motifs is 1. The van der Waals surface area contributed by atoms with Gasteiger partial charge in [-0.15, -0.1) is 0 Å². The first kappa shape index (κ1) is 27.6. The highest BCUT2D eigenvalue weighted by Crippen LogP contribution is 2.31. The standard InChI is InChI=1S/C21H23BrN4O2.C8H8O2/c1-13-14(2)21(28)26(20(13)27)19-10-15(12-25-8-6-24(3)7-9-25)17-5-4-16(22)11-18(17)23-19;9-7-10-6-8-4-2-1-3-5-8/h4-5,10-11H,6-9,12H2,1-3H3;1-5,7H,6H2. The van der Waals surface area contributed by atoms with Crippen molar-refractivity contribution >= 4 is 50.9 Å². The third-order valence-corrected chi connectivity index (χ3v) is 7.33. The summed E-state index contributed by atoms with van der Waals surface area (Å²) in [4.78, 5) is 45.6. The smallest absolute Gasteiger partial charge is 0.293 e. The van der Waals surface area contributed by atoms with Crippen molar-refractivity contribution in [3.63, 3.8) is 0 Å². The molecule has 2 aliphatic heterocycles. The van der Waals surface area contributed by atoms with E-state index in [1.165, 1.54) is 4.90 Å². The molecule has 0 radical (unpaired) electrons. The van der Waals surface area contributed by atoms with Crippen LogP contribution in [0.4, 0.5) is 5.82 Å². The van der Waals surface area contributed by atoms with Crippen LogP contribution in [0.25, 0.3) is 10.9 Å². The fourth-order valence-electron chi connectivity index (χ4n) is 4.41. The minimum atomic E-state index is -0.283. The molecule has 2 aromatic carbocycles. The summed E-state index contributed by atoms with van der Waals surface area (Å²) in [6.45, 7) is 9.03. The Bertz CT molecular complexity index is 1340. The first-order chi connectivity index (χ1) is 18.3. The molecule has 1 fully saturated rings. The lowest BCUT2D eigenvalue weighted by molar-refractivity contribution is -0.129. The summed E-state index contributed by atoms with van der Waals surface area (Å²) >= 11 is 3.50. The summed E-state index contributed by atoms with van der Waals surface area (Å²) in [5.41, 5.74) is 3.84. The van der Waals surface area contributed by atoms with Gasteiger partial charge in [0.05, 0.1) is 5.52 Å². The van der Waals surface area contributed by atoms with E-state index in [1.54, 1.807) is 13.8 Å². The van der Waals surface area contributed by atoms with Crippen LogP contribution in [-0.4, -0.2) is 66.3 Å². The maximum Gasteiger partial charge on any atom is 0.293 e. The summed E-state index contributed by atoms with van der Waals surface area (Å²) in [5, 5.41) is 1.05.